The zero-order chi connectivity index (χ0) is 12.7. The van der Waals surface area contributed by atoms with E-state index in [1.807, 2.05) is 6.92 Å². The molecule has 1 fully saturated rings. The van der Waals surface area contributed by atoms with Crippen LogP contribution in [0.25, 0.3) is 0 Å². The van der Waals surface area contributed by atoms with E-state index in [1.54, 1.807) is 0 Å². The van der Waals surface area contributed by atoms with Crippen LogP contribution in [0.4, 0.5) is 0 Å². The van der Waals surface area contributed by atoms with Gasteiger partial charge >= 0.3 is 0 Å². The third-order valence-corrected chi connectivity index (χ3v) is 3.11. The molecule has 0 aromatic heterocycles. The fraction of sp³-hybridized carbons (Fsp3) is 0.923. The Balaban J connectivity index is 2.06. The molecule has 1 rings (SSSR count). The highest BCUT2D eigenvalue weighted by molar-refractivity contribution is 5.80. The van der Waals surface area contributed by atoms with Crippen molar-refractivity contribution < 1.29 is 9.53 Å². The van der Waals surface area contributed by atoms with Gasteiger partial charge in [0, 0.05) is 13.2 Å². The van der Waals surface area contributed by atoms with Crippen molar-refractivity contribution in [1.29, 1.82) is 0 Å². The van der Waals surface area contributed by atoms with Crippen LogP contribution in [0.5, 0.6) is 0 Å². The third kappa shape index (κ3) is 6.03. The molecule has 1 amide bonds. The number of amides is 1. The Morgan fingerprint density at radius 2 is 2.24 bits per heavy atom. The summed E-state index contributed by atoms with van der Waals surface area (Å²) in [5.41, 5.74) is 0. The first-order valence-electron chi connectivity index (χ1n) is 6.69. The SMILES string of the molecule is CC(C)CNC(=O)C(C)OCCC1CCNC1. The molecule has 0 aromatic carbocycles. The highest BCUT2D eigenvalue weighted by Gasteiger charge is 2.16. The van der Waals surface area contributed by atoms with Crippen LogP contribution in [0.15, 0.2) is 0 Å². The number of carbonyl (C=O) groups excluding carboxylic acids is 1. The molecular formula is C13H26N2O2. The van der Waals surface area contributed by atoms with Crippen LogP contribution < -0.4 is 10.6 Å². The fourth-order valence-electron chi connectivity index (χ4n) is 1.90. The summed E-state index contributed by atoms with van der Waals surface area (Å²) < 4.78 is 5.56. The lowest BCUT2D eigenvalue weighted by atomic mass is 10.1. The van der Waals surface area contributed by atoms with Gasteiger partial charge in [-0.05, 0) is 44.7 Å². The lowest BCUT2D eigenvalue weighted by molar-refractivity contribution is -0.132. The Morgan fingerprint density at radius 1 is 1.47 bits per heavy atom. The molecule has 0 radical (unpaired) electrons. The Hall–Kier alpha value is -0.610. The van der Waals surface area contributed by atoms with E-state index in [9.17, 15) is 4.79 Å². The second-order valence-electron chi connectivity index (χ2n) is 5.30. The second-order valence-corrected chi connectivity index (χ2v) is 5.30. The molecule has 1 aliphatic rings. The van der Waals surface area contributed by atoms with Crippen molar-refractivity contribution in [2.75, 3.05) is 26.2 Å². The number of hydrogen-bond acceptors (Lipinski definition) is 3. The van der Waals surface area contributed by atoms with Crippen LogP contribution in [0, 0.1) is 11.8 Å². The molecule has 17 heavy (non-hydrogen) atoms. The Kier molecular flexibility index (Phi) is 6.52. The van der Waals surface area contributed by atoms with Crippen molar-refractivity contribution in [3.05, 3.63) is 0 Å². The molecular weight excluding hydrogens is 216 g/mol. The topological polar surface area (TPSA) is 50.4 Å². The maximum absolute atomic E-state index is 11.6. The van der Waals surface area contributed by atoms with Crippen LogP contribution in [0.2, 0.25) is 0 Å². The normalized spacial score (nSPS) is 21.8. The Morgan fingerprint density at radius 3 is 2.82 bits per heavy atom. The molecule has 0 aromatic rings. The zero-order valence-corrected chi connectivity index (χ0v) is 11.3. The summed E-state index contributed by atoms with van der Waals surface area (Å²) in [6.07, 6.45) is 1.95. The average Bonchev–Trinajstić information content (AvgIpc) is 2.78. The van der Waals surface area contributed by atoms with Crippen molar-refractivity contribution in [3.63, 3.8) is 0 Å². The number of carbonyl (C=O) groups is 1. The lowest BCUT2D eigenvalue weighted by Gasteiger charge is -2.15. The highest BCUT2D eigenvalue weighted by atomic mass is 16.5. The van der Waals surface area contributed by atoms with Gasteiger partial charge in [0.15, 0.2) is 0 Å². The minimum Gasteiger partial charge on any atom is -0.369 e. The molecule has 2 N–H and O–H groups in total. The second kappa shape index (κ2) is 7.67. The van der Waals surface area contributed by atoms with E-state index < -0.39 is 0 Å². The van der Waals surface area contributed by atoms with E-state index in [-0.39, 0.29) is 12.0 Å². The first-order valence-corrected chi connectivity index (χ1v) is 6.69. The summed E-state index contributed by atoms with van der Waals surface area (Å²) in [6, 6.07) is 0. The molecule has 1 saturated heterocycles. The highest BCUT2D eigenvalue weighted by Crippen LogP contribution is 2.12. The van der Waals surface area contributed by atoms with Crippen LogP contribution in [-0.4, -0.2) is 38.3 Å². The minimum atomic E-state index is -0.330. The van der Waals surface area contributed by atoms with Crippen LogP contribution in [0.3, 0.4) is 0 Å². The molecule has 0 aliphatic carbocycles. The molecule has 0 spiro atoms. The van der Waals surface area contributed by atoms with Gasteiger partial charge in [0.2, 0.25) is 5.91 Å². The smallest absolute Gasteiger partial charge is 0.248 e. The molecule has 2 unspecified atom stereocenters. The summed E-state index contributed by atoms with van der Waals surface area (Å²) in [6.45, 7) is 9.61. The number of nitrogens with one attached hydrogen (secondary N) is 2. The van der Waals surface area contributed by atoms with Crippen molar-refractivity contribution in [3.8, 4) is 0 Å². The van der Waals surface area contributed by atoms with Crippen LogP contribution in [-0.2, 0) is 9.53 Å². The van der Waals surface area contributed by atoms with Crippen molar-refractivity contribution in [2.45, 2.75) is 39.7 Å². The van der Waals surface area contributed by atoms with E-state index in [4.69, 9.17) is 4.74 Å². The molecule has 100 valence electrons. The van der Waals surface area contributed by atoms with E-state index >= 15 is 0 Å². The summed E-state index contributed by atoms with van der Waals surface area (Å²) in [5.74, 6) is 1.21. The van der Waals surface area contributed by atoms with Crippen molar-refractivity contribution in [1.82, 2.24) is 10.6 Å². The van der Waals surface area contributed by atoms with Crippen molar-refractivity contribution in [2.24, 2.45) is 11.8 Å². The lowest BCUT2D eigenvalue weighted by Crippen LogP contribution is -2.36. The monoisotopic (exact) mass is 242 g/mol. The van der Waals surface area contributed by atoms with Gasteiger partial charge in [0.05, 0.1) is 0 Å². The van der Waals surface area contributed by atoms with Gasteiger partial charge in [-0.2, -0.15) is 0 Å². The molecule has 2 atom stereocenters. The van der Waals surface area contributed by atoms with E-state index in [0.717, 1.165) is 32.0 Å². The molecule has 4 heteroatoms. The van der Waals surface area contributed by atoms with Gasteiger partial charge < -0.3 is 15.4 Å². The van der Waals surface area contributed by atoms with Gasteiger partial charge in [0.1, 0.15) is 6.10 Å². The minimum absolute atomic E-state index is 0.00301. The predicted octanol–water partition coefficient (Wildman–Crippen LogP) is 1.16. The molecule has 1 heterocycles. The van der Waals surface area contributed by atoms with Gasteiger partial charge in [-0.25, -0.2) is 0 Å². The first kappa shape index (κ1) is 14.5. The average molecular weight is 242 g/mol. The van der Waals surface area contributed by atoms with E-state index in [0.29, 0.717) is 12.5 Å². The summed E-state index contributed by atoms with van der Waals surface area (Å²) in [4.78, 5) is 11.6. The largest absolute Gasteiger partial charge is 0.369 e. The maximum Gasteiger partial charge on any atom is 0.248 e. The fourth-order valence-corrected chi connectivity index (χ4v) is 1.90. The number of hydrogen-bond donors (Lipinski definition) is 2. The Bertz CT molecular complexity index is 225. The maximum atomic E-state index is 11.6. The standard InChI is InChI=1S/C13H26N2O2/c1-10(2)8-15-13(16)11(3)17-7-5-12-4-6-14-9-12/h10-12,14H,4-9H2,1-3H3,(H,15,16). The zero-order valence-electron chi connectivity index (χ0n) is 11.3. The molecule has 4 nitrogen and oxygen atoms in total. The number of ether oxygens (including phenoxy) is 1. The summed E-state index contributed by atoms with van der Waals surface area (Å²) in [7, 11) is 0. The van der Waals surface area contributed by atoms with Gasteiger partial charge in [0.25, 0.3) is 0 Å². The predicted molar refractivity (Wildman–Crippen MR) is 68.9 cm³/mol. The van der Waals surface area contributed by atoms with Gasteiger partial charge in [-0.15, -0.1) is 0 Å². The molecule has 0 bridgehead atoms. The third-order valence-electron chi connectivity index (χ3n) is 3.11. The Labute approximate surface area is 104 Å². The quantitative estimate of drug-likeness (QED) is 0.704. The number of rotatable bonds is 7. The van der Waals surface area contributed by atoms with Crippen LogP contribution in [0.1, 0.15) is 33.6 Å². The van der Waals surface area contributed by atoms with Gasteiger partial charge in [-0.3, -0.25) is 4.79 Å². The molecule has 0 saturated carbocycles. The van der Waals surface area contributed by atoms with E-state index in [1.165, 1.54) is 6.42 Å². The summed E-state index contributed by atoms with van der Waals surface area (Å²) in [5, 5.41) is 6.22. The van der Waals surface area contributed by atoms with Crippen molar-refractivity contribution >= 4 is 5.91 Å². The van der Waals surface area contributed by atoms with Crippen LogP contribution >= 0.6 is 0 Å². The van der Waals surface area contributed by atoms with Gasteiger partial charge in [-0.1, -0.05) is 13.8 Å². The van der Waals surface area contributed by atoms with E-state index in [2.05, 4.69) is 24.5 Å². The molecule has 1 aliphatic heterocycles. The first-order chi connectivity index (χ1) is 8.09. The summed E-state index contributed by atoms with van der Waals surface area (Å²) >= 11 is 0.